The lowest BCUT2D eigenvalue weighted by molar-refractivity contribution is -0.117. The van der Waals surface area contributed by atoms with Crippen molar-refractivity contribution in [1.82, 2.24) is 4.72 Å². The normalized spacial score (nSPS) is 14.0. The fourth-order valence-corrected chi connectivity index (χ4v) is 4.82. The Bertz CT molecular complexity index is 1240. The Balaban J connectivity index is 1.35. The fraction of sp³-hybridized carbons (Fsp3) is 0.240. The number of amides is 1. The van der Waals surface area contributed by atoms with Gasteiger partial charge in [0.25, 0.3) is 0 Å². The minimum Gasteiger partial charge on any atom is -0.489 e. The smallest absolute Gasteiger partial charge is 0.240 e. The summed E-state index contributed by atoms with van der Waals surface area (Å²) >= 11 is 0. The first kappa shape index (κ1) is 22.9. The molecule has 1 N–H and O–H groups in total. The molecule has 172 valence electrons. The van der Waals surface area contributed by atoms with Crippen molar-refractivity contribution in [3.8, 4) is 5.75 Å². The lowest BCUT2D eigenvalue weighted by Crippen LogP contribution is -2.26. The number of carbonyl (C=O) groups is 1. The molecule has 0 atom stereocenters. The number of aryl methyl sites for hydroxylation is 1. The minimum atomic E-state index is -3.71. The molecule has 0 saturated carbocycles. The van der Waals surface area contributed by atoms with Crippen LogP contribution in [0.1, 0.15) is 29.5 Å². The van der Waals surface area contributed by atoms with Gasteiger partial charge < -0.3 is 9.64 Å². The van der Waals surface area contributed by atoms with E-state index in [2.05, 4.69) is 4.72 Å². The lowest BCUT2D eigenvalue weighted by atomic mass is 10.2. The molecule has 1 amide bonds. The van der Waals surface area contributed by atoms with E-state index in [-0.39, 0.29) is 23.2 Å². The molecule has 0 aromatic heterocycles. The van der Waals surface area contributed by atoms with Crippen molar-refractivity contribution < 1.29 is 22.3 Å². The molecule has 0 aliphatic carbocycles. The zero-order valence-corrected chi connectivity index (χ0v) is 19.1. The van der Waals surface area contributed by atoms with Crippen molar-refractivity contribution in [1.29, 1.82) is 0 Å². The van der Waals surface area contributed by atoms with Crippen LogP contribution in [0.25, 0.3) is 0 Å². The number of sulfonamides is 1. The molecular weight excluding hydrogens is 443 g/mol. The summed E-state index contributed by atoms with van der Waals surface area (Å²) in [5.41, 5.74) is 3.14. The zero-order valence-electron chi connectivity index (χ0n) is 18.3. The molecule has 8 heteroatoms. The van der Waals surface area contributed by atoms with Crippen LogP contribution >= 0.6 is 0 Å². The topological polar surface area (TPSA) is 75.7 Å². The van der Waals surface area contributed by atoms with Gasteiger partial charge in [-0.3, -0.25) is 4.79 Å². The van der Waals surface area contributed by atoms with Crippen LogP contribution in [0.5, 0.6) is 5.75 Å². The van der Waals surface area contributed by atoms with Crippen LogP contribution in [0, 0.1) is 12.7 Å². The summed E-state index contributed by atoms with van der Waals surface area (Å²) < 4.78 is 46.8. The summed E-state index contributed by atoms with van der Waals surface area (Å²) in [6.07, 6.45) is 1.34. The molecule has 3 aromatic carbocycles. The maximum Gasteiger partial charge on any atom is 0.240 e. The van der Waals surface area contributed by atoms with Gasteiger partial charge in [-0.05, 0) is 72.5 Å². The number of halogens is 1. The van der Waals surface area contributed by atoms with E-state index in [0.717, 1.165) is 28.8 Å². The first-order chi connectivity index (χ1) is 15.8. The van der Waals surface area contributed by atoms with Gasteiger partial charge in [0, 0.05) is 25.2 Å². The Morgan fingerprint density at radius 1 is 1.00 bits per heavy atom. The Morgan fingerprint density at radius 2 is 1.70 bits per heavy atom. The van der Waals surface area contributed by atoms with Crippen LogP contribution < -0.4 is 14.4 Å². The molecule has 3 aromatic rings. The Kier molecular flexibility index (Phi) is 6.76. The van der Waals surface area contributed by atoms with E-state index in [4.69, 9.17) is 4.74 Å². The molecule has 0 spiro atoms. The Labute approximate surface area is 193 Å². The van der Waals surface area contributed by atoms with Crippen molar-refractivity contribution >= 4 is 21.6 Å². The van der Waals surface area contributed by atoms with Crippen LogP contribution in [-0.4, -0.2) is 20.9 Å². The highest BCUT2D eigenvalue weighted by Gasteiger charge is 2.24. The van der Waals surface area contributed by atoms with Crippen LogP contribution in [-0.2, 0) is 28.0 Å². The van der Waals surface area contributed by atoms with Gasteiger partial charge in [0.1, 0.15) is 18.2 Å². The molecule has 1 aliphatic heterocycles. The first-order valence-corrected chi connectivity index (χ1v) is 12.2. The molecule has 0 bridgehead atoms. The van der Waals surface area contributed by atoms with Gasteiger partial charge in [-0.1, -0.05) is 24.3 Å². The fourth-order valence-electron chi connectivity index (χ4n) is 3.71. The highest BCUT2D eigenvalue weighted by molar-refractivity contribution is 7.89. The van der Waals surface area contributed by atoms with E-state index < -0.39 is 10.0 Å². The van der Waals surface area contributed by atoms with Crippen LogP contribution in [0.3, 0.4) is 0 Å². The van der Waals surface area contributed by atoms with E-state index in [1.807, 2.05) is 6.92 Å². The third-order valence-electron chi connectivity index (χ3n) is 5.55. The molecule has 1 heterocycles. The summed E-state index contributed by atoms with van der Waals surface area (Å²) in [7, 11) is -3.71. The van der Waals surface area contributed by atoms with Gasteiger partial charge in [-0.15, -0.1) is 0 Å². The number of nitrogens with zero attached hydrogens (tertiary/aromatic N) is 1. The van der Waals surface area contributed by atoms with Crippen LogP contribution in [0.2, 0.25) is 0 Å². The standard InChI is InChI=1S/C25H25FN2O4S/c1-18-15-23(12-13-24(18)28-14-2-3-25(28)29)33(30,31)27-16-19-6-10-22(11-7-19)32-17-20-4-8-21(26)9-5-20/h4-13,15,27H,2-3,14,16-17H2,1H3. The van der Waals surface area contributed by atoms with Gasteiger partial charge >= 0.3 is 0 Å². The third-order valence-corrected chi connectivity index (χ3v) is 6.95. The summed E-state index contributed by atoms with van der Waals surface area (Å²) in [6, 6.07) is 18.0. The summed E-state index contributed by atoms with van der Waals surface area (Å²) in [5.74, 6) is 0.406. The van der Waals surface area contributed by atoms with E-state index in [9.17, 15) is 17.6 Å². The second-order valence-corrected chi connectivity index (χ2v) is 9.75. The maximum absolute atomic E-state index is 13.0. The highest BCUT2D eigenvalue weighted by Crippen LogP contribution is 2.27. The summed E-state index contributed by atoms with van der Waals surface area (Å²) in [6.45, 7) is 2.91. The summed E-state index contributed by atoms with van der Waals surface area (Å²) in [5, 5.41) is 0. The molecule has 1 saturated heterocycles. The molecule has 0 unspecified atom stereocenters. The zero-order chi connectivity index (χ0) is 23.4. The van der Waals surface area contributed by atoms with Gasteiger partial charge in [-0.25, -0.2) is 17.5 Å². The molecule has 0 radical (unpaired) electrons. The molecule has 33 heavy (non-hydrogen) atoms. The van der Waals surface area contributed by atoms with E-state index in [1.165, 1.54) is 18.2 Å². The maximum atomic E-state index is 13.0. The van der Waals surface area contributed by atoms with Crippen molar-refractivity contribution in [3.63, 3.8) is 0 Å². The summed E-state index contributed by atoms with van der Waals surface area (Å²) in [4.78, 5) is 13.9. The van der Waals surface area contributed by atoms with E-state index in [0.29, 0.717) is 25.3 Å². The number of rotatable bonds is 8. The second kappa shape index (κ2) is 9.72. The predicted octanol–water partition coefficient (Wildman–Crippen LogP) is 4.32. The number of benzene rings is 3. The first-order valence-electron chi connectivity index (χ1n) is 10.7. The number of hydrogen-bond acceptors (Lipinski definition) is 4. The molecule has 1 aliphatic rings. The SMILES string of the molecule is Cc1cc(S(=O)(=O)NCc2ccc(OCc3ccc(F)cc3)cc2)ccc1N1CCCC1=O. The quantitative estimate of drug-likeness (QED) is 0.534. The number of hydrogen-bond donors (Lipinski definition) is 1. The Hall–Kier alpha value is -3.23. The van der Waals surface area contributed by atoms with Crippen molar-refractivity contribution in [3.05, 3.63) is 89.2 Å². The Morgan fingerprint density at radius 3 is 2.33 bits per heavy atom. The highest BCUT2D eigenvalue weighted by atomic mass is 32.2. The molecule has 1 fully saturated rings. The predicted molar refractivity (Wildman–Crippen MR) is 124 cm³/mol. The van der Waals surface area contributed by atoms with Crippen molar-refractivity contribution in [2.75, 3.05) is 11.4 Å². The minimum absolute atomic E-state index is 0.0666. The van der Waals surface area contributed by atoms with Crippen molar-refractivity contribution in [2.45, 2.75) is 37.8 Å². The van der Waals surface area contributed by atoms with E-state index >= 15 is 0 Å². The van der Waals surface area contributed by atoms with Gasteiger partial charge in [0.2, 0.25) is 15.9 Å². The van der Waals surface area contributed by atoms with Crippen molar-refractivity contribution in [2.24, 2.45) is 0 Å². The molecule has 6 nitrogen and oxygen atoms in total. The lowest BCUT2D eigenvalue weighted by Gasteiger charge is -2.19. The number of ether oxygens (including phenoxy) is 1. The van der Waals surface area contributed by atoms with Crippen LogP contribution in [0.15, 0.2) is 71.6 Å². The molecule has 4 rings (SSSR count). The van der Waals surface area contributed by atoms with Gasteiger partial charge in [0.15, 0.2) is 0 Å². The monoisotopic (exact) mass is 468 g/mol. The van der Waals surface area contributed by atoms with Gasteiger partial charge in [-0.2, -0.15) is 0 Å². The number of anilines is 1. The molecular formula is C25H25FN2O4S. The average molecular weight is 469 g/mol. The number of carbonyl (C=O) groups excluding carboxylic acids is 1. The average Bonchev–Trinajstić information content (AvgIpc) is 3.23. The van der Waals surface area contributed by atoms with E-state index in [1.54, 1.807) is 53.4 Å². The van der Waals surface area contributed by atoms with Crippen LogP contribution in [0.4, 0.5) is 10.1 Å². The number of nitrogens with one attached hydrogen (secondary N) is 1. The van der Waals surface area contributed by atoms with Gasteiger partial charge in [0.05, 0.1) is 4.90 Å². The second-order valence-electron chi connectivity index (χ2n) is 7.98. The largest absolute Gasteiger partial charge is 0.489 e. The third kappa shape index (κ3) is 5.58.